The molecule has 1 fully saturated rings. The molecule has 28 heavy (non-hydrogen) atoms. The molecule has 5 nitrogen and oxygen atoms in total. The molecule has 2 aliphatic rings. The fourth-order valence-electron chi connectivity index (χ4n) is 4.56. The minimum absolute atomic E-state index is 0.443. The van der Waals surface area contributed by atoms with Gasteiger partial charge in [0.15, 0.2) is 0 Å². The van der Waals surface area contributed by atoms with Crippen LogP contribution in [0.5, 0.6) is 5.75 Å². The van der Waals surface area contributed by atoms with Crippen LogP contribution in [0.15, 0.2) is 18.3 Å². The third-order valence-electron chi connectivity index (χ3n) is 6.26. The highest BCUT2D eigenvalue weighted by Gasteiger charge is 2.25. The van der Waals surface area contributed by atoms with Crippen LogP contribution in [0.4, 0.5) is 0 Å². The first-order valence-corrected chi connectivity index (χ1v) is 10.4. The number of aromatic nitrogens is 2. The van der Waals surface area contributed by atoms with Gasteiger partial charge in [0.1, 0.15) is 11.6 Å². The summed E-state index contributed by atoms with van der Waals surface area (Å²) in [5.74, 6) is 2.47. The summed E-state index contributed by atoms with van der Waals surface area (Å²) < 4.78 is 5.46. The molecule has 0 saturated carbocycles. The van der Waals surface area contributed by atoms with E-state index in [1.165, 1.54) is 40.8 Å². The second kappa shape index (κ2) is 8.18. The van der Waals surface area contributed by atoms with Crippen molar-refractivity contribution < 1.29 is 4.74 Å². The van der Waals surface area contributed by atoms with E-state index >= 15 is 0 Å². The Balaban J connectivity index is 1.47. The quantitative estimate of drug-likeness (QED) is 0.812. The Hall–Kier alpha value is -1.98. The van der Waals surface area contributed by atoms with Crippen LogP contribution >= 0.6 is 0 Å². The Morgan fingerprint density at radius 3 is 2.86 bits per heavy atom. The maximum atomic E-state index is 5.46. The van der Waals surface area contributed by atoms with Crippen LogP contribution in [0, 0.1) is 13.8 Å². The standard InChI is InChI=1S/C23H32N4O/c1-16-11-22(28-4)17(2)10-19(16)15-27-8-5-6-18(14-27)23-24-12-20-13-26(3)9-7-21(20)25-23/h10-12,18H,5-9,13-15H2,1-4H3. The van der Waals surface area contributed by atoms with Gasteiger partial charge in [-0.2, -0.15) is 0 Å². The van der Waals surface area contributed by atoms with Gasteiger partial charge in [0, 0.05) is 56.0 Å². The van der Waals surface area contributed by atoms with Crippen LogP contribution in [0.3, 0.4) is 0 Å². The smallest absolute Gasteiger partial charge is 0.132 e. The molecule has 2 aromatic rings. The second-order valence-electron chi connectivity index (χ2n) is 8.51. The number of benzene rings is 1. The molecule has 4 rings (SSSR count). The highest BCUT2D eigenvalue weighted by atomic mass is 16.5. The Morgan fingerprint density at radius 1 is 1.18 bits per heavy atom. The van der Waals surface area contributed by atoms with E-state index in [4.69, 9.17) is 14.7 Å². The normalized spacial score (nSPS) is 20.8. The van der Waals surface area contributed by atoms with Crippen LogP contribution in [-0.4, -0.2) is 53.6 Å². The molecule has 5 heteroatoms. The molecular weight excluding hydrogens is 348 g/mol. The zero-order chi connectivity index (χ0) is 19.7. The highest BCUT2D eigenvalue weighted by Crippen LogP contribution is 2.29. The third-order valence-corrected chi connectivity index (χ3v) is 6.26. The molecule has 0 radical (unpaired) electrons. The minimum Gasteiger partial charge on any atom is -0.496 e. The zero-order valence-electron chi connectivity index (χ0n) is 17.7. The lowest BCUT2D eigenvalue weighted by molar-refractivity contribution is 0.195. The van der Waals surface area contributed by atoms with Gasteiger partial charge < -0.3 is 9.64 Å². The SMILES string of the molecule is COc1cc(C)c(CN2CCCC(c3ncc4c(n3)CCN(C)C4)C2)cc1C. The van der Waals surface area contributed by atoms with Crippen LogP contribution in [0.25, 0.3) is 0 Å². The van der Waals surface area contributed by atoms with Crippen LogP contribution < -0.4 is 4.74 Å². The molecule has 1 saturated heterocycles. The summed E-state index contributed by atoms with van der Waals surface area (Å²) in [6, 6.07) is 4.44. The largest absolute Gasteiger partial charge is 0.496 e. The molecule has 1 aromatic carbocycles. The first-order chi connectivity index (χ1) is 13.5. The highest BCUT2D eigenvalue weighted by molar-refractivity contribution is 5.41. The van der Waals surface area contributed by atoms with E-state index in [1.54, 1.807) is 7.11 Å². The second-order valence-corrected chi connectivity index (χ2v) is 8.51. The van der Waals surface area contributed by atoms with Crippen molar-refractivity contribution in [2.75, 3.05) is 33.8 Å². The molecule has 0 bridgehead atoms. The minimum atomic E-state index is 0.443. The maximum absolute atomic E-state index is 5.46. The van der Waals surface area contributed by atoms with E-state index in [0.29, 0.717) is 5.92 Å². The number of fused-ring (bicyclic) bond motifs is 1. The molecule has 1 aromatic heterocycles. The van der Waals surface area contributed by atoms with Gasteiger partial charge >= 0.3 is 0 Å². The van der Waals surface area contributed by atoms with Crippen molar-refractivity contribution in [3.63, 3.8) is 0 Å². The zero-order valence-corrected chi connectivity index (χ0v) is 17.7. The molecule has 0 spiro atoms. The van der Waals surface area contributed by atoms with E-state index in [2.05, 4.69) is 49.0 Å². The summed E-state index contributed by atoms with van der Waals surface area (Å²) in [7, 11) is 3.91. The van der Waals surface area contributed by atoms with Crippen molar-refractivity contribution in [3.8, 4) is 5.75 Å². The molecule has 2 aliphatic heterocycles. The van der Waals surface area contributed by atoms with Crippen molar-refractivity contribution in [2.45, 2.75) is 52.1 Å². The third kappa shape index (κ3) is 4.06. The van der Waals surface area contributed by atoms with Gasteiger partial charge in [0.25, 0.3) is 0 Å². The van der Waals surface area contributed by atoms with E-state index < -0.39 is 0 Å². The van der Waals surface area contributed by atoms with E-state index in [1.807, 2.05) is 0 Å². The molecule has 0 aliphatic carbocycles. The molecular formula is C23H32N4O. The maximum Gasteiger partial charge on any atom is 0.132 e. The summed E-state index contributed by atoms with van der Waals surface area (Å²) in [5.41, 5.74) is 6.48. The number of ether oxygens (including phenoxy) is 1. The number of hydrogen-bond donors (Lipinski definition) is 0. The fourth-order valence-corrected chi connectivity index (χ4v) is 4.56. The Bertz CT molecular complexity index is 851. The lowest BCUT2D eigenvalue weighted by Gasteiger charge is -2.33. The lowest BCUT2D eigenvalue weighted by Crippen LogP contribution is -2.35. The van der Waals surface area contributed by atoms with Crippen LogP contribution in [0.2, 0.25) is 0 Å². The average molecular weight is 381 g/mol. The van der Waals surface area contributed by atoms with Crippen molar-refractivity contribution in [2.24, 2.45) is 0 Å². The number of likely N-dealkylation sites (tertiary alicyclic amines) is 1. The van der Waals surface area contributed by atoms with Gasteiger partial charge in [-0.25, -0.2) is 9.97 Å². The molecule has 3 heterocycles. The molecule has 1 atom stereocenters. The van der Waals surface area contributed by atoms with Gasteiger partial charge in [-0.15, -0.1) is 0 Å². The van der Waals surface area contributed by atoms with Gasteiger partial charge in [-0.1, -0.05) is 6.07 Å². The van der Waals surface area contributed by atoms with Gasteiger partial charge in [-0.3, -0.25) is 4.90 Å². The number of piperidine rings is 1. The summed E-state index contributed by atoms with van der Waals surface area (Å²) >= 11 is 0. The van der Waals surface area contributed by atoms with Crippen LogP contribution in [0.1, 0.15) is 52.5 Å². The first-order valence-electron chi connectivity index (χ1n) is 10.4. The van der Waals surface area contributed by atoms with E-state index in [0.717, 1.165) is 50.7 Å². The van der Waals surface area contributed by atoms with Crippen molar-refractivity contribution in [1.29, 1.82) is 0 Å². The monoisotopic (exact) mass is 380 g/mol. The van der Waals surface area contributed by atoms with Crippen molar-refractivity contribution in [1.82, 2.24) is 19.8 Å². The Labute approximate surface area is 168 Å². The van der Waals surface area contributed by atoms with E-state index in [-0.39, 0.29) is 0 Å². The Kier molecular flexibility index (Phi) is 5.65. The number of likely N-dealkylation sites (N-methyl/N-ethyl adjacent to an activating group) is 1. The number of nitrogens with zero attached hydrogens (tertiary/aromatic N) is 4. The number of aryl methyl sites for hydroxylation is 2. The number of hydrogen-bond acceptors (Lipinski definition) is 5. The van der Waals surface area contributed by atoms with Gasteiger partial charge in [0.2, 0.25) is 0 Å². The topological polar surface area (TPSA) is 41.5 Å². The molecule has 0 amide bonds. The first kappa shape index (κ1) is 19.3. The van der Waals surface area contributed by atoms with E-state index in [9.17, 15) is 0 Å². The summed E-state index contributed by atoms with van der Waals surface area (Å²) in [6.45, 7) is 9.56. The summed E-state index contributed by atoms with van der Waals surface area (Å²) in [4.78, 5) is 14.7. The predicted octanol–water partition coefficient (Wildman–Crippen LogP) is 3.47. The van der Waals surface area contributed by atoms with Crippen molar-refractivity contribution >= 4 is 0 Å². The average Bonchev–Trinajstić information content (AvgIpc) is 2.70. The van der Waals surface area contributed by atoms with Crippen LogP contribution in [-0.2, 0) is 19.5 Å². The van der Waals surface area contributed by atoms with Crippen molar-refractivity contribution in [3.05, 3.63) is 52.1 Å². The number of rotatable bonds is 4. The Morgan fingerprint density at radius 2 is 2.04 bits per heavy atom. The lowest BCUT2D eigenvalue weighted by atomic mass is 9.95. The molecule has 1 unspecified atom stereocenters. The van der Waals surface area contributed by atoms with Gasteiger partial charge in [0.05, 0.1) is 7.11 Å². The predicted molar refractivity (Wildman–Crippen MR) is 112 cm³/mol. The molecule has 150 valence electrons. The number of methoxy groups -OCH3 is 1. The molecule has 0 N–H and O–H groups in total. The summed E-state index contributed by atoms with van der Waals surface area (Å²) in [6.07, 6.45) is 5.52. The fraction of sp³-hybridized carbons (Fsp3) is 0.565. The summed E-state index contributed by atoms with van der Waals surface area (Å²) in [5, 5.41) is 0. The van der Waals surface area contributed by atoms with Gasteiger partial charge in [-0.05, 0) is 63.0 Å².